The predicted molar refractivity (Wildman–Crippen MR) is 167 cm³/mol. The number of nitrogens with one attached hydrogen (secondary N) is 1. The van der Waals surface area contributed by atoms with Gasteiger partial charge in [-0.25, -0.2) is 4.79 Å². The third-order valence-corrected chi connectivity index (χ3v) is 8.01. The Hall–Kier alpha value is -4.54. The van der Waals surface area contributed by atoms with Crippen LogP contribution >= 0.6 is 0 Å². The molecule has 10 nitrogen and oxygen atoms in total. The molecule has 232 valence electrons. The number of amides is 2. The van der Waals surface area contributed by atoms with Gasteiger partial charge in [0, 0.05) is 38.9 Å². The highest BCUT2D eigenvalue weighted by Gasteiger charge is 2.27. The first-order chi connectivity index (χ1) is 21.3. The van der Waals surface area contributed by atoms with Gasteiger partial charge in [-0.2, -0.15) is 0 Å². The fraction of sp³-hybridized carbons (Fsp3) is 0.353. The Morgan fingerprint density at radius 3 is 2.48 bits per heavy atom. The summed E-state index contributed by atoms with van der Waals surface area (Å²) < 4.78 is 28.0. The zero-order chi connectivity index (χ0) is 31.2. The number of benzene rings is 2. The maximum Gasteiger partial charge on any atom is 0.415 e. The van der Waals surface area contributed by atoms with Crippen LogP contribution in [0.25, 0.3) is 17.2 Å². The maximum absolute atomic E-state index is 13.1. The molecule has 0 unspecified atom stereocenters. The lowest BCUT2D eigenvalue weighted by Gasteiger charge is -2.31. The highest BCUT2D eigenvalue weighted by Crippen LogP contribution is 2.45. The summed E-state index contributed by atoms with van der Waals surface area (Å²) in [7, 11) is 6.81. The minimum absolute atomic E-state index is 0.110. The molecule has 5 rings (SSSR count). The molecular weight excluding hydrogens is 562 g/mol. The van der Waals surface area contributed by atoms with Crippen molar-refractivity contribution in [2.24, 2.45) is 0 Å². The van der Waals surface area contributed by atoms with Crippen LogP contribution in [0.2, 0.25) is 0 Å². The van der Waals surface area contributed by atoms with Crippen LogP contribution < -0.4 is 19.5 Å². The van der Waals surface area contributed by atoms with Crippen LogP contribution in [0.15, 0.2) is 58.7 Å². The van der Waals surface area contributed by atoms with E-state index in [1.54, 1.807) is 38.6 Å². The number of furan rings is 1. The van der Waals surface area contributed by atoms with Crippen molar-refractivity contribution in [3.8, 4) is 17.2 Å². The normalized spacial score (nSPS) is 15.8. The first-order valence-corrected chi connectivity index (χ1v) is 14.6. The molecule has 1 aliphatic carbocycles. The molecule has 0 bridgehead atoms. The molecule has 44 heavy (non-hydrogen) atoms. The topological polar surface area (TPSA) is 103 Å². The van der Waals surface area contributed by atoms with Crippen LogP contribution in [0.3, 0.4) is 0 Å². The molecule has 1 fully saturated rings. The van der Waals surface area contributed by atoms with E-state index in [9.17, 15) is 9.59 Å². The van der Waals surface area contributed by atoms with Gasteiger partial charge in [-0.15, -0.1) is 0 Å². The molecule has 2 amide bonds. The van der Waals surface area contributed by atoms with Gasteiger partial charge >= 0.3 is 6.09 Å². The lowest BCUT2D eigenvalue weighted by Crippen LogP contribution is -2.48. The molecule has 10 heteroatoms. The van der Waals surface area contributed by atoms with Gasteiger partial charge in [-0.3, -0.25) is 4.79 Å². The Morgan fingerprint density at radius 1 is 1.00 bits per heavy atom. The summed E-state index contributed by atoms with van der Waals surface area (Å²) in [6, 6.07) is 13.3. The van der Waals surface area contributed by atoms with Gasteiger partial charge in [0.05, 0.1) is 40.1 Å². The van der Waals surface area contributed by atoms with E-state index in [1.807, 2.05) is 50.4 Å². The van der Waals surface area contributed by atoms with E-state index in [0.29, 0.717) is 48.2 Å². The van der Waals surface area contributed by atoms with Crippen LogP contribution in [-0.2, 0) is 22.7 Å². The van der Waals surface area contributed by atoms with Gasteiger partial charge in [0.15, 0.2) is 11.5 Å². The number of rotatable bonds is 10. The Morgan fingerprint density at radius 2 is 1.80 bits per heavy atom. The van der Waals surface area contributed by atoms with E-state index in [0.717, 1.165) is 46.5 Å². The molecule has 1 aromatic heterocycles. The number of hydrogen-bond acceptors (Lipinski definition) is 8. The van der Waals surface area contributed by atoms with Gasteiger partial charge in [-0.05, 0) is 89.9 Å². The molecular formula is C34H39N3O7. The Bertz CT molecular complexity index is 1570. The van der Waals surface area contributed by atoms with Crippen molar-refractivity contribution in [2.75, 3.05) is 54.6 Å². The summed E-state index contributed by atoms with van der Waals surface area (Å²) in [6.45, 7) is 5.34. The number of methoxy groups -OCH3 is 3. The molecule has 0 spiro atoms. The van der Waals surface area contributed by atoms with Gasteiger partial charge < -0.3 is 38.5 Å². The SMILES string of the molecule is COCc1cc(/C=C2/C(C)=C(CC(=O)NCc3ccco3)c3cc(OC)ccc32)cc(OC)c1OC(=O)N1CCN(C)CC1. The van der Waals surface area contributed by atoms with Crippen LogP contribution in [0, 0.1) is 0 Å². The van der Waals surface area contributed by atoms with Crippen LogP contribution in [0.4, 0.5) is 4.79 Å². The Kier molecular flexibility index (Phi) is 9.72. The number of carbonyl (C=O) groups is 2. The molecule has 1 saturated heterocycles. The summed E-state index contributed by atoms with van der Waals surface area (Å²) in [5.74, 6) is 2.07. The molecule has 3 aromatic rings. The summed E-state index contributed by atoms with van der Waals surface area (Å²) in [4.78, 5) is 29.9. The molecule has 2 aliphatic rings. The molecule has 0 radical (unpaired) electrons. The van der Waals surface area contributed by atoms with Gasteiger partial charge in [0.25, 0.3) is 0 Å². The zero-order valence-corrected chi connectivity index (χ0v) is 25.9. The number of piperazine rings is 1. The minimum atomic E-state index is -0.410. The number of ether oxygens (including phenoxy) is 4. The highest BCUT2D eigenvalue weighted by atomic mass is 16.6. The van der Waals surface area contributed by atoms with E-state index >= 15 is 0 Å². The quantitative estimate of drug-likeness (QED) is 0.337. The predicted octanol–water partition coefficient (Wildman–Crippen LogP) is 5.22. The molecule has 0 atom stereocenters. The van der Waals surface area contributed by atoms with E-state index in [4.69, 9.17) is 23.4 Å². The van der Waals surface area contributed by atoms with E-state index < -0.39 is 6.09 Å². The number of fused-ring (bicyclic) bond motifs is 1. The summed E-state index contributed by atoms with van der Waals surface area (Å²) in [6.07, 6.45) is 3.43. The number of likely N-dealkylation sites (N-methyl/N-ethyl adjacent to an activating group) is 1. The molecule has 0 saturated carbocycles. The first kappa shape index (κ1) is 30.9. The number of nitrogens with zero attached hydrogens (tertiary/aromatic N) is 2. The first-order valence-electron chi connectivity index (χ1n) is 14.6. The second kappa shape index (κ2) is 13.8. The number of carbonyl (C=O) groups excluding carboxylic acids is 2. The van der Waals surface area contributed by atoms with Crippen molar-refractivity contribution in [1.29, 1.82) is 0 Å². The lowest BCUT2D eigenvalue weighted by molar-refractivity contribution is -0.120. The van der Waals surface area contributed by atoms with Crippen LogP contribution in [-0.4, -0.2) is 76.4 Å². The molecule has 1 N–H and O–H groups in total. The average Bonchev–Trinajstić information content (AvgIpc) is 3.64. The van der Waals surface area contributed by atoms with Crippen molar-refractivity contribution in [1.82, 2.24) is 15.1 Å². The van der Waals surface area contributed by atoms with E-state index in [2.05, 4.69) is 16.3 Å². The third kappa shape index (κ3) is 6.82. The summed E-state index contributed by atoms with van der Waals surface area (Å²) in [5.41, 5.74) is 6.35. The largest absolute Gasteiger partial charge is 0.497 e. The van der Waals surface area contributed by atoms with Crippen molar-refractivity contribution >= 4 is 29.2 Å². The molecule has 2 aromatic carbocycles. The Balaban J connectivity index is 1.47. The fourth-order valence-corrected chi connectivity index (χ4v) is 5.54. The standard InChI is InChI=1S/C34H39N3O7/c1-22-28(27-9-8-25(41-4)18-30(27)29(22)19-32(38)35-20-26-7-6-14-43-26)16-23-15-24(21-40-3)33(31(17-23)42-5)44-34(39)37-12-10-36(2)11-13-37/h6-9,14-18H,10-13,19-21H2,1-5H3,(H,35,38)/b28-16-. The van der Waals surface area contributed by atoms with Gasteiger partial charge in [-0.1, -0.05) is 6.07 Å². The monoisotopic (exact) mass is 601 g/mol. The van der Waals surface area contributed by atoms with E-state index in [-0.39, 0.29) is 18.9 Å². The number of hydrogen-bond donors (Lipinski definition) is 1. The van der Waals surface area contributed by atoms with Crippen molar-refractivity contribution in [3.63, 3.8) is 0 Å². The lowest BCUT2D eigenvalue weighted by atomic mass is 9.99. The second-order valence-electron chi connectivity index (χ2n) is 10.9. The van der Waals surface area contributed by atoms with Crippen molar-refractivity contribution in [3.05, 3.63) is 82.3 Å². The van der Waals surface area contributed by atoms with Crippen molar-refractivity contribution < 1.29 is 33.0 Å². The summed E-state index contributed by atoms with van der Waals surface area (Å²) >= 11 is 0. The molecule has 1 aliphatic heterocycles. The van der Waals surface area contributed by atoms with Gasteiger partial charge in [0.2, 0.25) is 5.91 Å². The smallest absolute Gasteiger partial charge is 0.415 e. The van der Waals surface area contributed by atoms with E-state index in [1.165, 1.54) is 0 Å². The number of allylic oxidation sites excluding steroid dienone is 2. The second-order valence-corrected chi connectivity index (χ2v) is 10.9. The zero-order valence-electron chi connectivity index (χ0n) is 25.9. The minimum Gasteiger partial charge on any atom is -0.497 e. The highest BCUT2D eigenvalue weighted by molar-refractivity contribution is 6.08. The van der Waals surface area contributed by atoms with Crippen LogP contribution in [0.1, 0.15) is 41.4 Å². The van der Waals surface area contributed by atoms with Crippen LogP contribution in [0.5, 0.6) is 17.2 Å². The molecule has 2 heterocycles. The van der Waals surface area contributed by atoms with Crippen molar-refractivity contribution in [2.45, 2.75) is 26.5 Å². The Labute approximate surface area is 257 Å². The van der Waals surface area contributed by atoms with Gasteiger partial charge in [0.1, 0.15) is 11.5 Å². The summed E-state index contributed by atoms with van der Waals surface area (Å²) in [5, 5.41) is 2.95. The maximum atomic E-state index is 13.1. The fourth-order valence-electron chi connectivity index (χ4n) is 5.54. The average molecular weight is 602 g/mol. The third-order valence-electron chi connectivity index (χ3n) is 8.01.